The summed E-state index contributed by atoms with van der Waals surface area (Å²) in [6.45, 7) is 2.97. The van der Waals surface area contributed by atoms with Crippen molar-refractivity contribution in [1.29, 1.82) is 0 Å². The van der Waals surface area contributed by atoms with E-state index in [0.29, 0.717) is 31.5 Å². The van der Waals surface area contributed by atoms with Crippen LogP contribution in [-0.4, -0.2) is 61.2 Å². The Morgan fingerprint density at radius 2 is 1.65 bits per heavy atom. The van der Waals surface area contributed by atoms with Crippen molar-refractivity contribution < 1.29 is 13.2 Å². The lowest BCUT2D eigenvalue weighted by molar-refractivity contribution is -0.148. The zero-order valence-electron chi connectivity index (χ0n) is 13.5. The number of likely N-dealkylation sites (tertiary alicyclic amines) is 2. The molecule has 0 unspecified atom stereocenters. The van der Waals surface area contributed by atoms with Crippen molar-refractivity contribution in [3.8, 4) is 0 Å². The fourth-order valence-electron chi connectivity index (χ4n) is 3.27. The smallest absolute Gasteiger partial charge is 0.370 e. The first-order valence-corrected chi connectivity index (χ1v) is 8.28. The van der Waals surface area contributed by atoms with Crippen LogP contribution in [0, 0.1) is 5.92 Å². The molecular weight excluding hydrogens is 420 g/mol. The average molecular weight is 448 g/mol. The number of piperidine rings is 2. The van der Waals surface area contributed by atoms with E-state index in [4.69, 9.17) is 5.73 Å². The largest absolute Gasteiger partial charge is 0.401 e. The van der Waals surface area contributed by atoms with Gasteiger partial charge < -0.3 is 10.6 Å². The fraction of sp³-hybridized carbons (Fsp3) is 0.933. The Bertz CT molecular complexity index is 362. The molecule has 2 heterocycles. The molecule has 136 valence electrons. The number of alkyl halides is 3. The Kier molecular flexibility index (Phi) is 8.95. The van der Waals surface area contributed by atoms with Crippen LogP contribution in [0.1, 0.15) is 38.5 Å². The van der Waals surface area contributed by atoms with Crippen LogP contribution in [0.25, 0.3) is 0 Å². The quantitative estimate of drug-likeness (QED) is 0.409. The Labute approximate surface area is 153 Å². The molecule has 2 aliphatic heterocycles. The van der Waals surface area contributed by atoms with Crippen LogP contribution in [0.3, 0.4) is 0 Å². The van der Waals surface area contributed by atoms with E-state index in [1.54, 1.807) is 0 Å². The summed E-state index contributed by atoms with van der Waals surface area (Å²) in [6.07, 6.45) is 2.11. The maximum atomic E-state index is 12.3. The van der Waals surface area contributed by atoms with E-state index >= 15 is 0 Å². The Balaban J connectivity index is 0.00000264. The minimum atomic E-state index is -4.08. The molecule has 0 aromatic rings. The summed E-state index contributed by atoms with van der Waals surface area (Å²) in [7, 11) is 0. The number of hydrogen-bond acceptors (Lipinski definition) is 2. The number of nitrogens with zero attached hydrogens (tertiary/aromatic N) is 3. The molecule has 2 aliphatic rings. The highest BCUT2D eigenvalue weighted by atomic mass is 127. The van der Waals surface area contributed by atoms with Crippen molar-refractivity contribution in [3.05, 3.63) is 0 Å². The molecule has 0 atom stereocenters. The Morgan fingerprint density at radius 3 is 2.22 bits per heavy atom. The average Bonchev–Trinajstić information content (AvgIpc) is 2.48. The summed E-state index contributed by atoms with van der Waals surface area (Å²) >= 11 is 0. The highest BCUT2D eigenvalue weighted by Crippen LogP contribution is 2.24. The second kappa shape index (κ2) is 9.90. The van der Waals surface area contributed by atoms with E-state index in [9.17, 15) is 13.2 Å². The van der Waals surface area contributed by atoms with Gasteiger partial charge in [0, 0.05) is 19.6 Å². The lowest BCUT2D eigenvalue weighted by atomic mass is 9.93. The van der Waals surface area contributed by atoms with Gasteiger partial charge in [-0.25, -0.2) is 0 Å². The summed E-state index contributed by atoms with van der Waals surface area (Å²) in [6, 6.07) is 0. The third kappa shape index (κ3) is 7.91. The summed E-state index contributed by atoms with van der Waals surface area (Å²) in [4.78, 5) is 8.08. The highest BCUT2D eigenvalue weighted by Gasteiger charge is 2.32. The molecule has 23 heavy (non-hydrogen) atoms. The molecule has 0 aromatic carbocycles. The highest BCUT2D eigenvalue weighted by molar-refractivity contribution is 14.0. The molecule has 0 aromatic heterocycles. The van der Waals surface area contributed by atoms with Crippen molar-refractivity contribution in [2.75, 3.05) is 39.3 Å². The molecule has 2 rings (SSSR count). The number of aliphatic imine (C=N–C) groups is 1. The van der Waals surface area contributed by atoms with Crippen LogP contribution in [-0.2, 0) is 0 Å². The summed E-state index contributed by atoms with van der Waals surface area (Å²) in [5.41, 5.74) is 6.00. The van der Waals surface area contributed by atoms with Gasteiger partial charge >= 0.3 is 6.18 Å². The van der Waals surface area contributed by atoms with E-state index in [0.717, 1.165) is 32.4 Å². The predicted molar refractivity (Wildman–Crippen MR) is 97.2 cm³/mol. The van der Waals surface area contributed by atoms with Gasteiger partial charge in [0.25, 0.3) is 0 Å². The molecule has 0 spiro atoms. The van der Waals surface area contributed by atoms with E-state index in [2.05, 4.69) is 9.89 Å². The molecule has 2 fully saturated rings. The number of hydrogen-bond donors (Lipinski definition) is 1. The third-order valence-electron chi connectivity index (χ3n) is 4.60. The maximum absolute atomic E-state index is 12.3. The molecule has 2 N–H and O–H groups in total. The SMILES string of the molecule is I.NC(=NCCC1CCN(CC(F)(F)F)CC1)N1CCCCC1. The number of guanidine groups is 1. The summed E-state index contributed by atoms with van der Waals surface area (Å²) in [5, 5.41) is 0. The minimum Gasteiger partial charge on any atom is -0.370 e. The first kappa shape index (κ1) is 20.8. The maximum Gasteiger partial charge on any atom is 0.401 e. The fourth-order valence-corrected chi connectivity index (χ4v) is 3.27. The van der Waals surface area contributed by atoms with E-state index < -0.39 is 12.7 Å². The second-order valence-corrected chi connectivity index (χ2v) is 6.41. The van der Waals surface area contributed by atoms with Gasteiger partial charge in [-0.3, -0.25) is 9.89 Å². The van der Waals surface area contributed by atoms with Crippen molar-refractivity contribution in [2.45, 2.75) is 44.7 Å². The van der Waals surface area contributed by atoms with Gasteiger partial charge in [0.1, 0.15) is 0 Å². The molecule has 8 heteroatoms. The Hall–Kier alpha value is -0.250. The predicted octanol–water partition coefficient (Wildman–Crippen LogP) is 3.07. The van der Waals surface area contributed by atoms with Crippen LogP contribution in [0.5, 0.6) is 0 Å². The van der Waals surface area contributed by atoms with Crippen molar-refractivity contribution in [3.63, 3.8) is 0 Å². The molecule has 0 bridgehead atoms. The number of halogens is 4. The van der Waals surface area contributed by atoms with Crippen LogP contribution < -0.4 is 5.73 Å². The van der Waals surface area contributed by atoms with Crippen LogP contribution >= 0.6 is 24.0 Å². The minimum absolute atomic E-state index is 0. The zero-order chi connectivity index (χ0) is 16.0. The monoisotopic (exact) mass is 448 g/mol. The van der Waals surface area contributed by atoms with E-state index in [1.165, 1.54) is 24.2 Å². The van der Waals surface area contributed by atoms with Crippen LogP contribution in [0.2, 0.25) is 0 Å². The number of rotatable bonds is 4. The summed E-state index contributed by atoms with van der Waals surface area (Å²) in [5.74, 6) is 1.11. The lowest BCUT2D eigenvalue weighted by Crippen LogP contribution is -2.41. The van der Waals surface area contributed by atoms with Crippen LogP contribution in [0.15, 0.2) is 4.99 Å². The second-order valence-electron chi connectivity index (χ2n) is 6.41. The molecular formula is C15H28F3IN4. The topological polar surface area (TPSA) is 44.9 Å². The van der Waals surface area contributed by atoms with Gasteiger partial charge in [0.15, 0.2) is 5.96 Å². The van der Waals surface area contributed by atoms with Crippen LogP contribution in [0.4, 0.5) is 13.2 Å². The van der Waals surface area contributed by atoms with Gasteiger partial charge in [0.05, 0.1) is 6.54 Å². The van der Waals surface area contributed by atoms with Gasteiger partial charge in [-0.2, -0.15) is 13.2 Å². The third-order valence-corrected chi connectivity index (χ3v) is 4.60. The van der Waals surface area contributed by atoms with E-state index in [-0.39, 0.29) is 24.0 Å². The van der Waals surface area contributed by atoms with Crippen molar-refractivity contribution >= 4 is 29.9 Å². The van der Waals surface area contributed by atoms with Gasteiger partial charge in [-0.1, -0.05) is 0 Å². The molecule has 4 nitrogen and oxygen atoms in total. The van der Waals surface area contributed by atoms with Crippen molar-refractivity contribution in [2.24, 2.45) is 16.6 Å². The zero-order valence-corrected chi connectivity index (χ0v) is 15.9. The normalized spacial score (nSPS) is 22.0. The molecule has 0 saturated carbocycles. The Morgan fingerprint density at radius 1 is 1.04 bits per heavy atom. The summed E-state index contributed by atoms with van der Waals surface area (Å²) < 4.78 is 37.0. The van der Waals surface area contributed by atoms with Gasteiger partial charge in [0.2, 0.25) is 0 Å². The standard InChI is InChI=1S/C15H27F3N4.HI/c16-15(17,18)12-21-10-5-13(6-11-21)4-7-20-14(19)22-8-2-1-3-9-22;/h13H,1-12H2,(H2,19,20);1H. The molecule has 0 aliphatic carbocycles. The van der Waals surface area contributed by atoms with E-state index in [1.807, 2.05) is 0 Å². The molecule has 0 amide bonds. The molecule has 2 saturated heterocycles. The van der Waals surface area contributed by atoms with Crippen molar-refractivity contribution in [1.82, 2.24) is 9.80 Å². The lowest BCUT2D eigenvalue weighted by Gasteiger charge is -2.32. The van der Waals surface area contributed by atoms with Gasteiger partial charge in [-0.05, 0) is 57.5 Å². The van der Waals surface area contributed by atoms with Gasteiger partial charge in [-0.15, -0.1) is 24.0 Å². The molecule has 0 radical (unpaired) electrons. The number of nitrogens with two attached hydrogens (primary N) is 1. The first-order chi connectivity index (χ1) is 10.4. The first-order valence-electron chi connectivity index (χ1n) is 8.28.